The second-order valence-corrected chi connectivity index (χ2v) is 10.6. The lowest BCUT2D eigenvalue weighted by Gasteiger charge is -2.30. The number of nitrogens with zero attached hydrogens (tertiary/aromatic N) is 1. The second kappa shape index (κ2) is 7.11. The number of hydrogen-bond donors (Lipinski definition) is 0. The Bertz CT molecular complexity index is 931. The van der Waals surface area contributed by atoms with Crippen molar-refractivity contribution in [3.8, 4) is 0 Å². The predicted molar refractivity (Wildman–Crippen MR) is 94.6 cm³/mol. The number of hydrogen-bond acceptors (Lipinski definition) is 5. The molecular formula is C16H18ClNO5S2. The lowest BCUT2D eigenvalue weighted by molar-refractivity contribution is 0.345. The lowest BCUT2D eigenvalue weighted by atomic mass is 10.2. The smallest absolute Gasteiger partial charge is 0.243 e. The molecule has 25 heavy (non-hydrogen) atoms. The summed E-state index contributed by atoms with van der Waals surface area (Å²) in [7, 11) is -7.05. The van der Waals surface area contributed by atoms with Gasteiger partial charge in [-0.2, -0.15) is 4.31 Å². The molecule has 1 aromatic heterocycles. The minimum Gasteiger partial charge on any atom is -0.468 e. The summed E-state index contributed by atoms with van der Waals surface area (Å²) in [5, 5.41) is -0.222. The topological polar surface area (TPSA) is 84.7 Å². The van der Waals surface area contributed by atoms with E-state index in [0.29, 0.717) is 10.8 Å². The van der Waals surface area contributed by atoms with E-state index < -0.39 is 25.1 Å². The zero-order valence-corrected chi connectivity index (χ0v) is 15.7. The molecule has 9 heteroatoms. The molecule has 1 aromatic carbocycles. The molecule has 1 saturated heterocycles. The Morgan fingerprint density at radius 3 is 2.40 bits per heavy atom. The summed E-state index contributed by atoms with van der Waals surface area (Å²) in [6.07, 6.45) is 1.97. The number of halogens is 1. The van der Waals surface area contributed by atoms with Gasteiger partial charge in [0, 0.05) is 18.1 Å². The van der Waals surface area contributed by atoms with E-state index in [1.165, 1.54) is 22.7 Å². The summed E-state index contributed by atoms with van der Waals surface area (Å²) in [5.74, 6) is 0.236. The van der Waals surface area contributed by atoms with Crippen LogP contribution in [0.5, 0.6) is 0 Å². The van der Waals surface area contributed by atoms with Gasteiger partial charge in [0.15, 0.2) is 9.84 Å². The molecule has 0 N–H and O–H groups in total. The van der Waals surface area contributed by atoms with Gasteiger partial charge in [0.1, 0.15) is 11.5 Å². The summed E-state index contributed by atoms with van der Waals surface area (Å²) in [4.78, 5) is 0.122. The average molecular weight is 404 g/mol. The standard InChI is InChI=1S/C16H18ClNO5S2/c17-13-3-1-5-16(11-13)25(21,22)18-8-6-15(7-9-18)24(19,20)12-14-4-2-10-23-14/h1-5,10-11,15H,6-9,12H2. The van der Waals surface area contributed by atoms with E-state index in [0.717, 1.165) is 0 Å². The summed E-state index contributed by atoms with van der Waals surface area (Å²) >= 11 is 5.87. The third-order valence-corrected chi connectivity index (χ3v) is 8.57. The molecule has 2 aromatic rings. The van der Waals surface area contributed by atoms with Crippen molar-refractivity contribution in [3.05, 3.63) is 53.4 Å². The van der Waals surface area contributed by atoms with Crippen LogP contribution in [0.1, 0.15) is 18.6 Å². The van der Waals surface area contributed by atoms with Crippen LogP contribution in [0.25, 0.3) is 0 Å². The van der Waals surface area contributed by atoms with Crippen LogP contribution in [-0.4, -0.2) is 39.5 Å². The number of furan rings is 1. The summed E-state index contributed by atoms with van der Waals surface area (Å²) in [6, 6.07) is 9.34. The minimum absolute atomic E-state index is 0.122. The van der Waals surface area contributed by atoms with Gasteiger partial charge in [0.25, 0.3) is 0 Å². The van der Waals surface area contributed by atoms with Crippen LogP contribution in [-0.2, 0) is 25.6 Å². The number of sulfonamides is 1. The van der Waals surface area contributed by atoms with Crippen LogP contribution in [0.15, 0.2) is 52.0 Å². The summed E-state index contributed by atoms with van der Waals surface area (Å²) in [5.41, 5.74) is 0. The first-order chi connectivity index (χ1) is 11.8. The maximum absolute atomic E-state index is 12.7. The van der Waals surface area contributed by atoms with E-state index in [2.05, 4.69) is 0 Å². The third-order valence-electron chi connectivity index (χ3n) is 4.27. The van der Waals surface area contributed by atoms with Gasteiger partial charge in [-0.25, -0.2) is 16.8 Å². The highest BCUT2D eigenvalue weighted by molar-refractivity contribution is 7.91. The van der Waals surface area contributed by atoms with Crippen LogP contribution in [0.2, 0.25) is 5.02 Å². The van der Waals surface area contributed by atoms with Crippen molar-refractivity contribution in [1.29, 1.82) is 0 Å². The fourth-order valence-corrected chi connectivity index (χ4v) is 6.42. The van der Waals surface area contributed by atoms with Crippen molar-refractivity contribution in [2.75, 3.05) is 13.1 Å². The van der Waals surface area contributed by atoms with Crippen LogP contribution in [0.4, 0.5) is 0 Å². The van der Waals surface area contributed by atoms with Gasteiger partial charge >= 0.3 is 0 Å². The van der Waals surface area contributed by atoms with Crippen LogP contribution in [0, 0.1) is 0 Å². The number of sulfone groups is 1. The Kier molecular flexibility index (Phi) is 5.24. The van der Waals surface area contributed by atoms with Crippen molar-refractivity contribution in [1.82, 2.24) is 4.31 Å². The van der Waals surface area contributed by atoms with E-state index in [9.17, 15) is 16.8 Å². The summed E-state index contributed by atoms with van der Waals surface area (Å²) in [6.45, 7) is 0.327. The molecule has 6 nitrogen and oxygen atoms in total. The molecular weight excluding hydrogens is 386 g/mol. The maximum atomic E-state index is 12.7. The maximum Gasteiger partial charge on any atom is 0.243 e. The van der Waals surface area contributed by atoms with Gasteiger partial charge in [0.2, 0.25) is 10.0 Å². The zero-order valence-electron chi connectivity index (χ0n) is 13.3. The highest BCUT2D eigenvalue weighted by atomic mass is 35.5. The minimum atomic E-state index is -3.67. The molecule has 1 aliphatic rings. The molecule has 0 atom stereocenters. The molecule has 0 spiro atoms. The Morgan fingerprint density at radius 2 is 1.80 bits per heavy atom. The largest absolute Gasteiger partial charge is 0.468 e. The van der Waals surface area contributed by atoms with Crippen molar-refractivity contribution < 1.29 is 21.3 Å². The van der Waals surface area contributed by atoms with Crippen LogP contribution < -0.4 is 0 Å². The summed E-state index contributed by atoms with van der Waals surface area (Å²) < 4.78 is 56.7. The molecule has 1 fully saturated rings. The normalized spacial score (nSPS) is 17.6. The van der Waals surface area contributed by atoms with Gasteiger partial charge in [-0.15, -0.1) is 0 Å². The molecule has 0 bridgehead atoms. The van der Waals surface area contributed by atoms with Gasteiger partial charge in [-0.05, 0) is 43.2 Å². The van der Waals surface area contributed by atoms with Crippen LogP contribution in [0.3, 0.4) is 0 Å². The van der Waals surface area contributed by atoms with Crippen molar-refractivity contribution in [2.45, 2.75) is 28.7 Å². The molecule has 0 aliphatic carbocycles. The molecule has 136 valence electrons. The van der Waals surface area contributed by atoms with Gasteiger partial charge in [-0.3, -0.25) is 0 Å². The zero-order chi connectivity index (χ0) is 18.1. The monoisotopic (exact) mass is 403 g/mol. The number of benzene rings is 1. The molecule has 0 unspecified atom stereocenters. The Hall–Kier alpha value is -1.35. The van der Waals surface area contributed by atoms with Gasteiger partial charge in [0.05, 0.1) is 16.4 Å². The first-order valence-electron chi connectivity index (χ1n) is 7.79. The first kappa shape index (κ1) is 18.4. The SMILES string of the molecule is O=S(=O)(Cc1ccco1)C1CCN(S(=O)(=O)c2cccc(Cl)c2)CC1. The molecule has 0 saturated carbocycles. The van der Waals surface area contributed by atoms with Gasteiger partial charge in [-0.1, -0.05) is 17.7 Å². The highest BCUT2D eigenvalue weighted by Crippen LogP contribution is 2.26. The number of rotatable bonds is 5. The quantitative estimate of drug-likeness (QED) is 0.766. The molecule has 1 aliphatic heterocycles. The van der Waals surface area contributed by atoms with Crippen molar-refractivity contribution >= 4 is 31.5 Å². The third kappa shape index (κ3) is 4.08. The molecule has 3 rings (SSSR count). The number of piperidine rings is 1. The molecule has 2 heterocycles. The average Bonchev–Trinajstić information content (AvgIpc) is 3.07. The van der Waals surface area contributed by atoms with Crippen molar-refractivity contribution in [3.63, 3.8) is 0 Å². The predicted octanol–water partition coefficient (Wildman–Crippen LogP) is 2.70. The Balaban J connectivity index is 1.69. The van der Waals surface area contributed by atoms with Crippen molar-refractivity contribution in [2.24, 2.45) is 0 Å². The molecule has 0 amide bonds. The van der Waals surface area contributed by atoms with E-state index in [-0.39, 0.29) is 36.6 Å². The van der Waals surface area contributed by atoms with Gasteiger partial charge < -0.3 is 4.42 Å². The van der Waals surface area contributed by atoms with E-state index >= 15 is 0 Å². The second-order valence-electron chi connectivity index (χ2n) is 5.95. The van der Waals surface area contributed by atoms with E-state index in [4.69, 9.17) is 16.0 Å². The van der Waals surface area contributed by atoms with Crippen LogP contribution >= 0.6 is 11.6 Å². The van der Waals surface area contributed by atoms with E-state index in [1.54, 1.807) is 24.3 Å². The fourth-order valence-electron chi connectivity index (χ4n) is 2.92. The Morgan fingerprint density at radius 1 is 1.08 bits per heavy atom. The fraction of sp³-hybridized carbons (Fsp3) is 0.375. The lowest BCUT2D eigenvalue weighted by Crippen LogP contribution is -2.42. The first-order valence-corrected chi connectivity index (χ1v) is 11.3. The van der Waals surface area contributed by atoms with E-state index in [1.807, 2.05) is 0 Å². The molecule has 0 radical (unpaired) electrons. The Labute approximate surface area is 152 Å². The highest BCUT2D eigenvalue weighted by Gasteiger charge is 2.35.